The van der Waals surface area contributed by atoms with Crippen LogP contribution in [-0.2, 0) is 4.74 Å². The lowest BCUT2D eigenvalue weighted by Crippen LogP contribution is -2.13. The van der Waals surface area contributed by atoms with Crippen molar-refractivity contribution in [3.05, 3.63) is 0 Å². The van der Waals surface area contributed by atoms with Crippen LogP contribution in [-0.4, -0.2) is 13.7 Å². The maximum Gasteiger partial charge on any atom is 0.0490 e. The first-order valence-electron chi connectivity index (χ1n) is 4.39. The summed E-state index contributed by atoms with van der Waals surface area (Å²) in [6.45, 7) is 1.00. The highest BCUT2D eigenvalue weighted by Gasteiger charge is 2.41. The van der Waals surface area contributed by atoms with Crippen molar-refractivity contribution in [3.63, 3.8) is 0 Å². The van der Waals surface area contributed by atoms with Gasteiger partial charge in [-0.15, -0.1) is 0 Å². The second-order valence-electron chi connectivity index (χ2n) is 3.89. The highest BCUT2D eigenvalue weighted by Crippen LogP contribution is 2.51. The van der Waals surface area contributed by atoms with Crippen LogP contribution in [0.15, 0.2) is 0 Å². The summed E-state index contributed by atoms with van der Waals surface area (Å²) in [4.78, 5) is 0. The first-order chi connectivity index (χ1) is 4.90. The summed E-state index contributed by atoms with van der Waals surface area (Å²) < 4.78 is 5.15. The fraction of sp³-hybridized carbons (Fsp3) is 1.00. The fourth-order valence-electron chi connectivity index (χ4n) is 2.34. The molecule has 0 N–H and O–H groups in total. The molecular formula is C9H16O. The van der Waals surface area contributed by atoms with Crippen LogP contribution < -0.4 is 0 Å². The molecule has 0 aromatic rings. The van der Waals surface area contributed by atoms with Gasteiger partial charge in [-0.3, -0.25) is 0 Å². The Morgan fingerprint density at radius 3 is 2.80 bits per heavy atom. The molecule has 3 unspecified atom stereocenters. The van der Waals surface area contributed by atoms with Crippen LogP contribution in [0.1, 0.15) is 25.7 Å². The SMILES string of the molecule is COCC1CCC2CC2C1. The Balaban J connectivity index is 1.77. The molecule has 2 fully saturated rings. The van der Waals surface area contributed by atoms with Gasteiger partial charge in [-0.2, -0.15) is 0 Å². The lowest BCUT2D eigenvalue weighted by molar-refractivity contribution is 0.129. The summed E-state index contributed by atoms with van der Waals surface area (Å²) in [6.07, 6.45) is 5.90. The molecular weight excluding hydrogens is 124 g/mol. The van der Waals surface area contributed by atoms with Crippen molar-refractivity contribution >= 4 is 0 Å². The molecule has 0 aromatic carbocycles. The average Bonchev–Trinajstić information content (AvgIpc) is 2.66. The van der Waals surface area contributed by atoms with E-state index in [-0.39, 0.29) is 0 Å². The second kappa shape index (κ2) is 2.54. The number of hydrogen-bond donors (Lipinski definition) is 0. The molecule has 2 aliphatic rings. The van der Waals surface area contributed by atoms with E-state index in [0.29, 0.717) is 0 Å². The lowest BCUT2D eigenvalue weighted by atomic mass is 9.90. The highest BCUT2D eigenvalue weighted by atomic mass is 16.5. The summed E-state index contributed by atoms with van der Waals surface area (Å²) in [6, 6.07) is 0. The molecule has 0 bridgehead atoms. The van der Waals surface area contributed by atoms with Gasteiger partial charge in [0.25, 0.3) is 0 Å². The van der Waals surface area contributed by atoms with Crippen molar-refractivity contribution < 1.29 is 4.74 Å². The Hall–Kier alpha value is -0.0400. The smallest absolute Gasteiger partial charge is 0.0490 e. The topological polar surface area (TPSA) is 9.23 Å². The maximum atomic E-state index is 5.15. The van der Waals surface area contributed by atoms with Gasteiger partial charge >= 0.3 is 0 Å². The molecule has 0 amide bonds. The predicted molar refractivity (Wildman–Crippen MR) is 40.8 cm³/mol. The molecule has 0 aliphatic heterocycles. The van der Waals surface area contributed by atoms with E-state index >= 15 is 0 Å². The van der Waals surface area contributed by atoms with E-state index in [2.05, 4.69) is 0 Å². The minimum atomic E-state index is 0.897. The van der Waals surface area contributed by atoms with E-state index in [4.69, 9.17) is 4.74 Å². The third kappa shape index (κ3) is 1.20. The molecule has 2 saturated carbocycles. The summed E-state index contributed by atoms with van der Waals surface area (Å²) in [5, 5.41) is 0. The number of ether oxygens (including phenoxy) is 1. The molecule has 58 valence electrons. The van der Waals surface area contributed by atoms with Crippen molar-refractivity contribution in [3.8, 4) is 0 Å². The molecule has 0 radical (unpaired) electrons. The summed E-state index contributed by atoms with van der Waals surface area (Å²) >= 11 is 0. The first kappa shape index (κ1) is 6.66. The summed E-state index contributed by atoms with van der Waals surface area (Å²) in [5.74, 6) is 3.13. The van der Waals surface area contributed by atoms with Gasteiger partial charge in [-0.25, -0.2) is 0 Å². The van der Waals surface area contributed by atoms with E-state index in [0.717, 1.165) is 24.4 Å². The Morgan fingerprint density at radius 2 is 2.10 bits per heavy atom. The molecule has 2 aliphatic carbocycles. The van der Waals surface area contributed by atoms with Crippen LogP contribution in [0, 0.1) is 17.8 Å². The number of fused-ring (bicyclic) bond motifs is 1. The largest absolute Gasteiger partial charge is 0.384 e. The molecule has 0 heterocycles. The van der Waals surface area contributed by atoms with Crippen molar-refractivity contribution in [2.45, 2.75) is 25.7 Å². The van der Waals surface area contributed by atoms with Crippen LogP contribution in [0.25, 0.3) is 0 Å². The normalized spacial score (nSPS) is 44.7. The molecule has 1 nitrogen and oxygen atoms in total. The Labute approximate surface area is 62.8 Å². The van der Waals surface area contributed by atoms with Crippen molar-refractivity contribution in [1.82, 2.24) is 0 Å². The molecule has 10 heavy (non-hydrogen) atoms. The highest BCUT2D eigenvalue weighted by molar-refractivity contribution is 4.92. The molecule has 0 saturated heterocycles. The van der Waals surface area contributed by atoms with Gasteiger partial charge in [0.1, 0.15) is 0 Å². The maximum absolute atomic E-state index is 5.15. The van der Waals surface area contributed by atoms with Crippen LogP contribution in [0.3, 0.4) is 0 Å². The minimum absolute atomic E-state index is 0.897. The molecule has 0 spiro atoms. The van der Waals surface area contributed by atoms with Crippen LogP contribution in [0.2, 0.25) is 0 Å². The fourth-order valence-corrected chi connectivity index (χ4v) is 2.34. The van der Waals surface area contributed by atoms with Crippen LogP contribution in [0.4, 0.5) is 0 Å². The standard InChI is InChI=1S/C9H16O/c1-10-6-7-2-3-8-5-9(8)4-7/h7-9H,2-6H2,1H3. The van der Waals surface area contributed by atoms with Crippen molar-refractivity contribution in [2.75, 3.05) is 13.7 Å². The Morgan fingerprint density at radius 1 is 1.20 bits per heavy atom. The first-order valence-corrected chi connectivity index (χ1v) is 4.39. The zero-order chi connectivity index (χ0) is 6.97. The van der Waals surface area contributed by atoms with E-state index in [1.165, 1.54) is 25.7 Å². The number of rotatable bonds is 2. The van der Waals surface area contributed by atoms with Crippen LogP contribution >= 0.6 is 0 Å². The van der Waals surface area contributed by atoms with E-state index in [9.17, 15) is 0 Å². The summed E-state index contributed by atoms with van der Waals surface area (Å²) in [7, 11) is 1.82. The zero-order valence-corrected chi connectivity index (χ0v) is 6.68. The predicted octanol–water partition coefficient (Wildman–Crippen LogP) is 2.07. The Kier molecular flexibility index (Phi) is 1.69. The number of methoxy groups -OCH3 is 1. The monoisotopic (exact) mass is 140 g/mol. The second-order valence-corrected chi connectivity index (χ2v) is 3.89. The quantitative estimate of drug-likeness (QED) is 0.570. The third-order valence-corrected chi connectivity index (χ3v) is 3.05. The minimum Gasteiger partial charge on any atom is -0.384 e. The lowest BCUT2D eigenvalue weighted by Gasteiger charge is -2.19. The van der Waals surface area contributed by atoms with E-state index < -0.39 is 0 Å². The Bertz CT molecular complexity index is 122. The van der Waals surface area contributed by atoms with Gasteiger partial charge in [0.2, 0.25) is 0 Å². The van der Waals surface area contributed by atoms with Gasteiger partial charge in [-0.05, 0) is 43.4 Å². The molecule has 3 atom stereocenters. The molecule has 1 heteroatoms. The summed E-state index contributed by atoms with van der Waals surface area (Å²) in [5.41, 5.74) is 0. The molecule has 2 rings (SSSR count). The van der Waals surface area contributed by atoms with E-state index in [1.807, 2.05) is 7.11 Å². The number of hydrogen-bond acceptors (Lipinski definition) is 1. The van der Waals surface area contributed by atoms with Gasteiger partial charge < -0.3 is 4.74 Å². The van der Waals surface area contributed by atoms with Crippen LogP contribution in [0.5, 0.6) is 0 Å². The zero-order valence-electron chi connectivity index (χ0n) is 6.68. The van der Waals surface area contributed by atoms with Gasteiger partial charge in [0.05, 0.1) is 0 Å². The van der Waals surface area contributed by atoms with Gasteiger partial charge in [-0.1, -0.05) is 0 Å². The van der Waals surface area contributed by atoms with Gasteiger partial charge in [0, 0.05) is 13.7 Å². The van der Waals surface area contributed by atoms with Crippen molar-refractivity contribution in [2.24, 2.45) is 17.8 Å². The van der Waals surface area contributed by atoms with Gasteiger partial charge in [0.15, 0.2) is 0 Å². The van der Waals surface area contributed by atoms with Crippen molar-refractivity contribution in [1.29, 1.82) is 0 Å². The third-order valence-electron chi connectivity index (χ3n) is 3.05. The average molecular weight is 140 g/mol. The molecule has 0 aromatic heterocycles. The van der Waals surface area contributed by atoms with E-state index in [1.54, 1.807) is 0 Å².